The molecule has 0 aliphatic rings. The lowest BCUT2D eigenvalue weighted by Gasteiger charge is -2.15. The van der Waals surface area contributed by atoms with Gasteiger partial charge in [-0.05, 0) is 59.6 Å². The summed E-state index contributed by atoms with van der Waals surface area (Å²) in [5, 5.41) is 0. The second kappa shape index (κ2) is 6.13. The smallest absolute Gasteiger partial charge is 0.241 e. The number of halogens is 1. The fourth-order valence-corrected chi connectivity index (χ4v) is 3.88. The number of benzene rings is 1. The quantitative estimate of drug-likeness (QED) is 0.811. The van der Waals surface area contributed by atoms with Crippen molar-refractivity contribution in [1.82, 2.24) is 9.71 Å². The van der Waals surface area contributed by atoms with Gasteiger partial charge in [-0.15, -0.1) is 0 Å². The van der Waals surface area contributed by atoms with Gasteiger partial charge in [-0.2, -0.15) is 0 Å². The monoisotopic (exact) mass is 369 g/mol. The van der Waals surface area contributed by atoms with E-state index in [1.54, 1.807) is 38.2 Å². The highest BCUT2D eigenvalue weighted by Gasteiger charge is 2.21. The fraction of sp³-hybridized carbons (Fsp3) is 0.214. The molecule has 0 saturated carbocycles. The molecule has 1 aromatic heterocycles. The van der Waals surface area contributed by atoms with Crippen molar-refractivity contribution >= 4 is 31.6 Å². The van der Waals surface area contributed by atoms with Crippen LogP contribution in [0.4, 0.5) is 5.69 Å². The van der Waals surface area contributed by atoms with Gasteiger partial charge in [0.25, 0.3) is 0 Å². The number of aromatic nitrogens is 1. The predicted molar refractivity (Wildman–Crippen MR) is 86.3 cm³/mol. The number of nitrogens with zero attached hydrogens (tertiary/aromatic N) is 1. The fourth-order valence-electron chi connectivity index (χ4n) is 1.95. The van der Waals surface area contributed by atoms with Crippen LogP contribution in [-0.2, 0) is 10.0 Å². The number of hydrogen-bond acceptors (Lipinski definition) is 4. The maximum absolute atomic E-state index is 12.5. The first-order chi connectivity index (χ1) is 9.81. The average Bonchev–Trinajstić information content (AvgIpc) is 2.43. The number of aryl methyl sites for hydroxylation is 1. The summed E-state index contributed by atoms with van der Waals surface area (Å²) in [7, 11) is -3.67. The number of rotatable bonds is 4. The Kier molecular flexibility index (Phi) is 4.65. The van der Waals surface area contributed by atoms with Crippen molar-refractivity contribution in [2.45, 2.75) is 24.8 Å². The van der Waals surface area contributed by atoms with E-state index >= 15 is 0 Å². The highest BCUT2D eigenvalue weighted by Crippen LogP contribution is 2.27. The number of nitrogens with two attached hydrogens (primary N) is 1. The van der Waals surface area contributed by atoms with E-state index in [0.29, 0.717) is 21.4 Å². The van der Waals surface area contributed by atoms with E-state index in [1.807, 2.05) is 6.07 Å². The molecule has 1 heterocycles. The number of nitrogens with one attached hydrogen (secondary N) is 1. The molecule has 3 N–H and O–H groups in total. The second-order valence-electron chi connectivity index (χ2n) is 4.74. The predicted octanol–water partition coefficient (Wildman–Crippen LogP) is 2.77. The van der Waals surface area contributed by atoms with Gasteiger partial charge in [-0.3, -0.25) is 4.98 Å². The Balaban J connectivity index is 2.33. The van der Waals surface area contributed by atoms with Gasteiger partial charge in [-0.1, -0.05) is 6.07 Å². The van der Waals surface area contributed by atoms with Gasteiger partial charge in [0.1, 0.15) is 0 Å². The van der Waals surface area contributed by atoms with E-state index in [4.69, 9.17) is 5.73 Å². The van der Waals surface area contributed by atoms with Crippen molar-refractivity contribution in [3.05, 3.63) is 52.3 Å². The zero-order valence-electron chi connectivity index (χ0n) is 11.7. The SMILES string of the molecule is Cc1cc(Br)c(N)cc1S(=O)(=O)NC(C)c1ccccn1. The third-order valence-corrected chi connectivity index (χ3v) is 5.42. The molecule has 0 bridgehead atoms. The molecule has 2 aromatic rings. The highest BCUT2D eigenvalue weighted by molar-refractivity contribution is 9.10. The van der Waals surface area contributed by atoms with Crippen LogP contribution in [0.3, 0.4) is 0 Å². The van der Waals surface area contributed by atoms with Crippen molar-refractivity contribution in [3.63, 3.8) is 0 Å². The molecule has 0 fully saturated rings. The Bertz CT molecular complexity index is 748. The van der Waals surface area contributed by atoms with Gasteiger partial charge in [0, 0.05) is 16.4 Å². The summed E-state index contributed by atoms with van der Waals surface area (Å²) in [6, 6.07) is 8.08. The van der Waals surface area contributed by atoms with Crippen molar-refractivity contribution in [2.24, 2.45) is 0 Å². The first kappa shape index (κ1) is 15.9. The topological polar surface area (TPSA) is 85.1 Å². The molecule has 0 aliphatic carbocycles. The zero-order chi connectivity index (χ0) is 15.6. The Morgan fingerprint density at radius 2 is 2.05 bits per heavy atom. The Hall–Kier alpha value is -1.44. The minimum atomic E-state index is -3.67. The molecule has 1 aromatic carbocycles. The largest absolute Gasteiger partial charge is 0.398 e. The minimum Gasteiger partial charge on any atom is -0.398 e. The lowest BCUT2D eigenvalue weighted by molar-refractivity contribution is 0.563. The van der Waals surface area contributed by atoms with E-state index < -0.39 is 16.1 Å². The maximum atomic E-state index is 12.5. The van der Waals surface area contributed by atoms with E-state index in [-0.39, 0.29) is 4.90 Å². The van der Waals surface area contributed by atoms with Gasteiger partial charge in [0.2, 0.25) is 10.0 Å². The first-order valence-electron chi connectivity index (χ1n) is 6.30. The maximum Gasteiger partial charge on any atom is 0.241 e. The molecule has 21 heavy (non-hydrogen) atoms. The molecule has 0 saturated heterocycles. The summed E-state index contributed by atoms with van der Waals surface area (Å²) in [4.78, 5) is 4.32. The molecule has 0 amide bonds. The third-order valence-electron chi connectivity index (χ3n) is 3.05. The second-order valence-corrected chi connectivity index (χ2v) is 7.27. The van der Waals surface area contributed by atoms with E-state index in [2.05, 4.69) is 25.6 Å². The third kappa shape index (κ3) is 3.61. The summed E-state index contributed by atoms with van der Waals surface area (Å²) in [5.74, 6) is 0. The number of sulfonamides is 1. The summed E-state index contributed by atoms with van der Waals surface area (Å²) >= 11 is 3.28. The summed E-state index contributed by atoms with van der Waals surface area (Å²) in [5.41, 5.74) is 7.44. The molecular formula is C14H16BrN3O2S. The lowest BCUT2D eigenvalue weighted by Crippen LogP contribution is -2.28. The summed E-state index contributed by atoms with van der Waals surface area (Å²) in [6.45, 7) is 3.47. The zero-order valence-corrected chi connectivity index (χ0v) is 14.1. The first-order valence-corrected chi connectivity index (χ1v) is 8.58. The Morgan fingerprint density at radius 1 is 1.33 bits per heavy atom. The van der Waals surface area contributed by atoms with Crippen LogP contribution >= 0.6 is 15.9 Å². The number of pyridine rings is 1. The van der Waals surface area contributed by atoms with E-state index in [0.717, 1.165) is 0 Å². The minimum absolute atomic E-state index is 0.172. The molecule has 7 heteroatoms. The average molecular weight is 370 g/mol. The lowest BCUT2D eigenvalue weighted by atomic mass is 10.2. The highest BCUT2D eigenvalue weighted by atomic mass is 79.9. The normalized spacial score (nSPS) is 13.1. The standard InChI is InChI=1S/C14H16BrN3O2S/c1-9-7-11(15)12(16)8-14(9)21(19,20)18-10(2)13-5-3-4-6-17-13/h3-8,10,18H,16H2,1-2H3. The van der Waals surface area contributed by atoms with Crippen LogP contribution in [-0.4, -0.2) is 13.4 Å². The van der Waals surface area contributed by atoms with Gasteiger partial charge in [0.15, 0.2) is 0 Å². The van der Waals surface area contributed by atoms with Gasteiger partial charge < -0.3 is 5.73 Å². The summed E-state index contributed by atoms with van der Waals surface area (Å²) < 4.78 is 28.3. The molecule has 0 radical (unpaired) electrons. The molecule has 1 atom stereocenters. The Labute approximate surface area is 132 Å². The van der Waals surface area contributed by atoms with Crippen LogP contribution in [0.2, 0.25) is 0 Å². The van der Waals surface area contributed by atoms with Crippen LogP contribution in [0.5, 0.6) is 0 Å². The van der Waals surface area contributed by atoms with Crippen LogP contribution in [0.25, 0.3) is 0 Å². The summed E-state index contributed by atoms with van der Waals surface area (Å²) in [6.07, 6.45) is 1.63. The van der Waals surface area contributed by atoms with Gasteiger partial charge in [0.05, 0.1) is 16.6 Å². The molecule has 2 rings (SSSR count). The van der Waals surface area contributed by atoms with Crippen LogP contribution in [0.15, 0.2) is 45.9 Å². The van der Waals surface area contributed by atoms with Crippen LogP contribution in [0, 0.1) is 6.92 Å². The van der Waals surface area contributed by atoms with Crippen molar-refractivity contribution in [3.8, 4) is 0 Å². The number of hydrogen-bond donors (Lipinski definition) is 2. The molecule has 0 aliphatic heterocycles. The molecule has 1 unspecified atom stereocenters. The van der Waals surface area contributed by atoms with Crippen LogP contribution in [0.1, 0.15) is 24.2 Å². The number of anilines is 1. The van der Waals surface area contributed by atoms with Crippen LogP contribution < -0.4 is 10.5 Å². The van der Waals surface area contributed by atoms with Gasteiger partial charge >= 0.3 is 0 Å². The van der Waals surface area contributed by atoms with Crippen molar-refractivity contribution < 1.29 is 8.42 Å². The van der Waals surface area contributed by atoms with Crippen molar-refractivity contribution in [1.29, 1.82) is 0 Å². The van der Waals surface area contributed by atoms with Gasteiger partial charge in [-0.25, -0.2) is 13.1 Å². The van der Waals surface area contributed by atoms with E-state index in [1.165, 1.54) is 6.07 Å². The Morgan fingerprint density at radius 3 is 2.67 bits per heavy atom. The number of nitrogen functional groups attached to an aromatic ring is 1. The van der Waals surface area contributed by atoms with E-state index in [9.17, 15) is 8.42 Å². The molecular weight excluding hydrogens is 354 g/mol. The molecule has 5 nitrogen and oxygen atoms in total. The molecule has 112 valence electrons. The van der Waals surface area contributed by atoms with Crippen molar-refractivity contribution in [2.75, 3.05) is 5.73 Å². The molecule has 0 spiro atoms.